The summed E-state index contributed by atoms with van der Waals surface area (Å²) in [6.45, 7) is 1.60. The molecule has 152 valence electrons. The van der Waals surface area contributed by atoms with Crippen LogP contribution in [0.3, 0.4) is 0 Å². The van der Waals surface area contributed by atoms with Crippen LogP contribution in [0.2, 0.25) is 0 Å². The highest BCUT2D eigenvalue weighted by molar-refractivity contribution is 9.10. The van der Waals surface area contributed by atoms with Crippen LogP contribution in [0, 0.1) is 0 Å². The Labute approximate surface area is 179 Å². The van der Waals surface area contributed by atoms with E-state index in [1.165, 1.54) is 6.26 Å². The molecule has 0 saturated carbocycles. The van der Waals surface area contributed by atoms with Gasteiger partial charge in [0.05, 0.1) is 24.8 Å². The highest BCUT2D eigenvalue weighted by Crippen LogP contribution is 2.33. The molecule has 1 aliphatic heterocycles. The van der Waals surface area contributed by atoms with Crippen LogP contribution in [0.4, 0.5) is 5.69 Å². The van der Waals surface area contributed by atoms with E-state index in [1.807, 2.05) is 42.6 Å². The van der Waals surface area contributed by atoms with Crippen LogP contribution in [-0.4, -0.2) is 41.5 Å². The molecule has 2 heterocycles. The smallest absolute Gasteiger partial charge is 0.211 e. The lowest BCUT2D eigenvalue weighted by atomic mass is 9.97. The van der Waals surface area contributed by atoms with Gasteiger partial charge in [0.15, 0.2) is 0 Å². The Hall–Kier alpha value is -2.16. The first kappa shape index (κ1) is 20.1. The monoisotopic (exact) mass is 474 g/mol. The largest absolute Gasteiger partial charge is 0.364 e. The van der Waals surface area contributed by atoms with Gasteiger partial charge in [-0.15, -0.1) is 0 Å². The third kappa shape index (κ3) is 4.71. The van der Waals surface area contributed by atoms with Gasteiger partial charge >= 0.3 is 0 Å². The van der Waals surface area contributed by atoms with E-state index in [-0.39, 0.29) is 6.04 Å². The number of rotatable bonds is 6. The summed E-state index contributed by atoms with van der Waals surface area (Å²) in [4.78, 5) is 9.56. The van der Waals surface area contributed by atoms with Gasteiger partial charge in [0.2, 0.25) is 10.0 Å². The molecule has 0 amide bonds. The maximum absolute atomic E-state index is 12.7. The third-order valence-corrected chi connectivity index (χ3v) is 6.96. The molecule has 1 aromatic heterocycles. The number of benzene rings is 2. The van der Waals surface area contributed by atoms with Gasteiger partial charge in [0.25, 0.3) is 0 Å². The molecular weight excluding hydrogens is 452 g/mol. The van der Waals surface area contributed by atoms with E-state index in [0.29, 0.717) is 26.1 Å². The molecule has 1 N–H and O–H groups in total. The number of fused-ring (bicyclic) bond motifs is 1. The van der Waals surface area contributed by atoms with Crippen molar-refractivity contribution >= 4 is 31.6 Å². The molecule has 1 unspecified atom stereocenters. The fourth-order valence-corrected chi connectivity index (χ4v) is 5.37. The maximum Gasteiger partial charge on any atom is 0.211 e. The number of sulfonamides is 1. The van der Waals surface area contributed by atoms with Gasteiger partial charge in [-0.1, -0.05) is 46.3 Å². The van der Waals surface area contributed by atoms with Gasteiger partial charge < -0.3 is 9.88 Å². The van der Waals surface area contributed by atoms with Gasteiger partial charge in [0, 0.05) is 35.5 Å². The average molecular weight is 475 g/mol. The summed E-state index contributed by atoms with van der Waals surface area (Å²) in [7, 11) is -3.39. The molecule has 0 bridgehead atoms. The Balaban J connectivity index is 1.68. The summed E-state index contributed by atoms with van der Waals surface area (Å²) < 4.78 is 28.1. The average Bonchev–Trinajstić information content (AvgIpc) is 3.18. The topological polar surface area (TPSA) is 69.3 Å². The van der Waals surface area contributed by atoms with E-state index in [4.69, 9.17) is 0 Å². The predicted octanol–water partition coefficient (Wildman–Crippen LogP) is 3.57. The minimum absolute atomic E-state index is 0.161. The SMILES string of the molecule is CS(=O)(=O)N(Cc1ccccc1)C1Cc2cc(Br)ccc2N(Cc2c[nH]cn2)C1. The van der Waals surface area contributed by atoms with Crippen molar-refractivity contribution in [1.82, 2.24) is 14.3 Å². The van der Waals surface area contributed by atoms with Gasteiger partial charge in [-0.2, -0.15) is 4.31 Å². The standard InChI is InChI=1S/C21H23BrN4O2S/c1-29(27,28)26(12-16-5-3-2-4-6-16)20-10-17-9-18(22)7-8-21(17)25(14-20)13-19-11-23-15-24-19/h2-9,11,15,20H,10,12-14H2,1H3,(H,23,24). The van der Waals surface area contributed by atoms with Crippen molar-refractivity contribution in [1.29, 1.82) is 0 Å². The van der Waals surface area contributed by atoms with Crippen molar-refractivity contribution in [3.63, 3.8) is 0 Å². The minimum atomic E-state index is -3.39. The van der Waals surface area contributed by atoms with Crippen molar-refractivity contribution < 1.29 is 8.42 Å². The molecule has 0 fully saturated rings. The summed E-state index contributed by atoms with van der Waals surface area (Å²) >= 11 is 3.55. The van der Waals surface area contributed by atoms with Crippen molar-refractivity contribution in [3.05, 3.63) is 82.3 Å². The lowest BCUT2D eigenvalue weighted by Crippen LogP contribution is -2.50. The Morgan fingerprint density at radius 1 is 1.24 bits per heavy atom. The maximum atomic E-state index is 12.7. The number of H-pyrrole nitrogens is 1. The van der Waals surface area contributed by atoms with Crippen molar-refractivity contribution in [2.45, 2.75) is 25.6 Å². The number of nitrogens with zero attached hydrogens (tertiary/aromatic N) is 3. The molecule has 1 atom stereocenters. The highest BCUT2D eigenvalue weighted by Gasteiger charge is 2.33. The molecule has 8 heteroatoms. The first-order valence-electron chi connectivity index (χ1n) is 9.42. The van der Waals surface area contributed by atoms with Crippen LogP contribution in [0.25, 0.3) is 0 Å². The third-order valence-electron chi connectivity index (χ3n) is 5.19. The first-order valence-corrected chi connectivity index (χ1v) is 12.1. The fourth-order valence-electron chi connectivity index (χ4n) is 3.89. The van der Waals surface area contributed by atoms with E-state index in [9.17, 15) is 8.42 Å². The predicted molar refractivity (Wildman–Crippen MR) is 118 cm³/mol. The Morgan fingerprint density at radius 3 is 2.72 bits per heavy atom. The van der Waals surface area contributed by atoms with Gasteiger partial charge in [0.1, 0.15) is 0 Å². The van der Waals surface area contributed by atoms with Gasteiger partial charge in [-0.25, -0.2) is 13.4 Å². The zero-order chi connectivity index (χ0) is 20.4. The molecule has 0 radical (unpaired) electrons. The Morgan fingerprint density at radius 2 is 2.03 bits per heavy atom. The highest BCUT2D eigenvalue weighted by atomic mass is 79.9. The number of halogens is 1. The van der Waals surface area contributed by atoms with Gasteiger partial charge in [-0.3, -0.25) is 0 Å². The minimum Gasteiger partial charge on any atom is -0.364 e. The molecule has 1 aliphatic rings. The molecule has 2 aromatic carbocycles. The Bertz CT molecular complexity index is 1070. The van der Waals surface area contributed by atoms with E-state index in [0.717, 1.165) is 27.0 Å². The number of aromatic amines is 1. The molecule has 29 heavy (non-hydrogen) atoms. The summed E-state index contributed by atoms with van der Waals surface area (Å²) in [5.41, 5.74) is 4.17. The first-order chi connectivity index (χ1) is 13.9. The quantitative estimate of drug-likeness (QED) is 0.592. The summed E-state index contributed by atoms with van der Waals surface area (Å²) in [5.74, 6) is 0. The second-order valence-electron chi connectivity index (χ2n) is 7.37. The number of aromatic nitrogens is 2. The number of nitrogens with one attached hydrogen (secondary N) is 1. The molecule has 0 saturated heterocycles. The van der Waals surface area contributed by atoms with Crippen LogP contribution in [0.1, 0.15) is 16.8 Å². The zero-order valence-electron chi connectivity index (χ0n) is 16.1. The lowest BCUT2D eigenvalue weighted by Gasteiger charge is -2.40. The second kappa shape index (κ2) is 8.30. The molecule has 0 aliphatic carbocycles. The molecule has 0 spiro atoms. The number of hydrogen-bond donors (Lipinski definition) is 1. The number of hydrogen-bond acceptors (Lipinski definition) is 4. The zero-order valence-corrected chi connectivity index (χ0v) is 18.5. The van der Waals surface area contributed by atoms with E-state index in [1.54, 1.807) is 10.6 Å². The molecule has 4 rings (SSSR count). The second-order valence-corrected chi connectivity index (χ2v) is 10.2. The number of imidazole rings is 1. The van der Waals surface area contributed by atoms with Crippen molar-refractivity contribution in [2.75, 3.05) is 17.7 Å². The molecular formula is C21H23BrN4O2S. The van der Waals surface area contributed by atoms with Crippen molar-refractivity contribution in [3.8, 4) is 0 Å². The summed E-state index contributed by atoms with van der Waals surface area (Å²) in [6, 6.07) is 15.8. The number of anilines is 1. The van der Waals surface area contributed by atoms with Crippen molar-refractivity contribution in [2.24, 2.45) is 0 Å². The van der Waals surface area contributed by atoms with E-state index < -0.39 is 10.0 Å². The van der Waals surface area contributed by atoms with E-state index in [2.05, 4.69) is 42.9 Å². The normalized spacial score (nSPS) is 16.8. The van der Waals surface area contributed by atoms with Crippen LogP contribution in [-0.2, 0) is 29.5 Å². The van der Waals surface area contributed by atoms with Gasteiger partial charge in [-0.05, 0) is 35.7 Å². The van der Waals surface area contributed by atoms with Crippen LogP contribution in [0.5, 0.6) is 0 Å². The van der Waals surface area contributed by atoms with Crippen LogP contribution < -0.4 is 4.90 Å². The molecule has 3 aromatic rings. The summed E-state index contributed by atoms with van der Waals surface area (Å²) in [5, 5.41) is 0. The lowest BCUT2D eigenvalue weighted by molar-refractivity contribution is 0.305. The summed E-state index contributed by atoms with van der Waals surface area (Å²) in [6.07, 6.45) is 5.51. The Kier molecular flexibility index (Phi) is 5.76. The molecule has 6 nitrogen and oxygen atoms in total. The van der Waals surface area contributed by atoms with E-state index >= 15 is 0 Å². The fraction of sp³-hybridized carbons (Fsp3) is 0.286. The van der Waals surface area contributed by atoms with Crippen LogP contribution >= 0.6 is 15.9 Å². The van der Waals surface area contributed by atoms with Crippen LogP contribution in [0.15, 0.2) is 65.5 Å².